The molecule has 2 rings (SSSR count). The molecule has 1 unspecified atom stereocenters. The lowest BCUT2D eigenvalue weighted by molar-refractivity contribution is -0.894. The molecule has 0 amide bonds. The molecule has 128 valence electrons. The topological polar surface area (TPSA) is 126 Å². The van der Waals surface area contributed by atoms with Gasteiger partial charge in [0.2, 0.25) is 5.78 Å². The minimum absolute atomic E-state index is 0.0346. The summed E-state index contributed by atoms with van der Waals surface area (Å²) >= 11 is 0. The molecule has 10 heteroatoms. The lowest BCUT2D eigenvalue weighted by Gasteiger charge is -2.19. The Morgan fingerprint density at radius 2 is 1.91 bits per heavy atom. The maximum absolute atomic E-state index is 12.5. The maximum atomic E-state index is 12.5. The molecule has 1 aliphatic heterocycles. The Morgan fingerprint density at radius 1 is 1.30 bits per heavy atom. The lowest BCUT2D eigenvalue weighted by Crippen LogP contribution is -3.14. The van der Waals surface area contributed by atoms with Crippen LogP contribution >= 0.6 is 0 Å². The molecule has 0 radical (unpaired) electrons. The summed E-state index contributed by atoms with van der Waals surface area (Å²) in [7, 11) is 1.33. The third-order valence-corrected chi connectivity index (χ3v) is 6.13. The van der Waals surface area contributed by atoms with Gasteiger partial charge >= 0.3 is 5.69 Å². The zero-order valence-electron chi connectivity index (χ0n) is 13.3. The highest BCUT2D eigenvalue weighted by Gasteiger charge is 2.35. The molecule has 23 heavy (non-hydrogen) atoms. The molecule has 0 aliphatic carbocycles. The molecule has 1 aliphatic rings. The summed E-state index contributed by atoms with van der Waals surface area (Å²) in [5.74, 6) is -0.518. The number of rotatable bonds is 4. The molecule has 2 heterocycles. The highest BCUT2D eigenvalue weighted by atomic mass is 32.2. The highest BCUT2D eigenvalue weighted by Crippen LogP contribution is 2.09. The number of likely N-dealkylation sites (N-methyl/N-ethyl adjacent to an activating group) is 1. The summed E-state index contributed by atoms with van der Waals surface area (Å²) in [5, 5.41) is 0. The van der Waals surface area contributed by atoms with Crippen LogP contribution in [0.25, 0.3) is 0 Å². The molecule has 1 aromatic heterocycles. The van der Waals surface area contributed by atoms with Crippen LogP contribution < -0.4 is 21.9 Å². The first-order valence-electron chi connectivity index (χ1n) is 7.16. The number of hydrogen-bond donors (Lipinski definition) is 2. The second kappa shape index (κ2) is 5.93. The number of nitrogens with two attached hydrogens (primary N) is 1. The number of Topliss-reactive ketones (excluding diaryl/α,β-unsaturated/α-hetero) is 1. The van der Waals surface area contributed by atoms with E-state index < -0.39 is 26.9 Å². The normalized spacial score (nSPS) is 21.3. The van der Waals surface area contributed by atoms with Crippen molar-refractivity contribution in [1.82, 2.24) is 9.13 Å². The second-order valence-electron chi connectivity index (χ2n) is 6.01. The number of hydrogen-bond acceptors (Lipinski definition) is 6. The van der Waals surface area contributed by atoms with E-state index in [-0.39, 0.29) is 35.5 Å². The van der Waals surface area contributed by atoms with Gasteiger partial charge in [0.1, 0.15) is 29.7 Å². The smallest absolute Gasteiger partial charge is 0.332 e. The number of carbonyl (C=O) groups excluding carboxylic acids is 1. The molecule has 2 atom stereocenters. The van der Waals surface area contributed by atoms with Gasteiger partial charge in [-0.25, -0.2) is 13.2 Å². The summed E-state index contributed by atoms with van der Waals surface area (Å²) < 4.78 is 24.9. The molecule has 0 bridgehead atoms. The molecular formula is C13H21N4O5S+. The van der Waals surface area contributed by atoms with Gasteiger partial charge in [-0.1, -0.05) is 0 Å². The number of ketones is 1. The molecule has 3 N–H and O–H groups in total. The van der Waals surface area contributed by atoms with Crippen molar-refractivity contribution in [3.63, 3.8) is 0 Å². The van der Waals surface area contributed by atoms with E-state index in [1.165, 1.54) is 14.1 Å². The van der Waals surface area contributed by atoms with Crippen LogP contribution in [-0.2, 0) is 23.9 Å². The Labute approximate surface area is 133 Å². The Hall–Kier alpha value is -1.94. The quantitative estimate of drug-likeness (QED) is 0.547. The highest BCUT2D eigenvalue weighted by molar-refractivity contribution is 7.91. The van der Waals surface area contributed by atoms with Crippen LogP contribution in [0.3, 0.4) is 0 Å². The first kappa shape index (κ1) is 17.4. The number of aromatic nitrogens is 2. The number of carbonyl (C=O) groups is 1. The van der Waals surface area contributed by atoms with Crippen molar-refractivity contribution >= 4 is 21.4 Å². The van der Waals surface area contributed by atoms with Gasteiger partial charge in [0.15, 0.2) is 9.84 Å². The Bertz CT molecular complexity index is 868. The van der Waals surface area contributed by atoms with Crippen LogP contribution in [0.15, 0.2) is 9.59 Å². The molecule has 9 nitrogen and oxygen atoms in total. The average molecular weight is 345 g/mol. The zero-order chi connectivity index (χ0) is 17.5. The van der Waals surface area contributed by atoms with Gasteiger partial charge < -0.3 is 10.6 Å². The SMILES string of the molecule is Cn1c(N)c(C(=O)C[NH+](C)[C@H]2CCS(=O)(=O)C2)c(=O)n(C)c1=O. The first-order chi connectivity index (χ1) is 10.5. The molecule has 0 spiro atoms. The van der Waals surface area contributed by atoms with E-state index >= 15 is 0 Å². The minimum atomic E-state index is -3.04. The lowest BCUT2D eigenvalue weighted by atomic mass is 10.1. The summed E-state index contributed by atoms with van der Waals surface area (Å²) in [4.78, 5) is 37.1. The average Bonchev–Trinajstić information content (AvgIpc) is 2.83. The Morgan fingerprint density at radius 3 is 2.43 bits per heavy atom. The fourth-order valence-corrected chi connectivity index (χ4v) is 4.67. The van der Waals surface area contributed by atoms with Crippen LogP contribution in [0.4, 0.5) is 5.82 Å². The molecule has 0 aromatic carbocycles. The van der Waals surface area contributed by atoms with E-state index in [1.54, 1.807) is 7.05 Å². The van der Waals surface area contributed by atoms with Crippen LogP contribution in [0.1, 0.15) is 16.8 Å². The number of anilines is 1. The van der Waals surface area contributed by atoms with Crippen LogP contribution in [-0.4, -0.2) is 54.5 Å². The molecular weight excluding hydrogens is 324 g/mol. The van der Waals surface area contributed by atoms with Crippen molar-refractivity contribution < 1.29 is 18.1 Å². The monoisotopic (exact) mass is 345 g/mol. The maximum Gasteiger partial charge on any atom is 0.332 e. The van der Waals surface area contributed by atoms with E-state index in [2.05, 4.69) is 0 Å². The van der Waals surface area contributed by atoms with E-state index in [0.717, 1.165) is 9.13 Å². The van der Waals surface area contributed by atoms with Gasteiger partial charge in [0, 0.05) is 20.5 Å². The van der Waals surface area contributed by atoms with Gasteiger partial charge in [-0.2, -0.15) is 0 Å². The van der Waals surface area contributed by atoms with Crippen molar-refractivity contribution in [3.8, 4) is 0 Å². The summed E-state index contributed by atoms with van der Waals surface area (Å²) in [6.07, 6.45) is 0.488. The van der Waals surface area contributed by atoms with E-state index in [4.69, 9.17) is 5.73 Å². The van der Waals surface area contributed by atoms with Gasteiger partial charge in [-0.3, -0.25) is 18.7 Å². The standard InChI is InChI=1S/C13H20N4O5S/c1-15(8-4-5-23(21,22)7-8)6-9(18)10-11(14)16(2)13(20)17(3)12(10)19/h8H,4-7,14H2,1-3H3/p+1/t8-/m0/s1. The second-order valence-corrected chi connectivity index (χ2v) is 8.24. The van der Waals surface area contributed by atoms with E-state index in [9.17, 15) is 22.8 Å². The van der Waals surface area contributed by atoms with E-state index in [1.807, 2.05) is 0 Å². The number of nitrogens with one attached hydrogen (secondary N) is 1. The van der Waals surface area contributed by atoms with Crippen LogP contribution in [0, 0.1) is 0 Å². The largest absolute Gasteiger partial charge is 0.384 e. The van der Waals surface area contributed by atoms with Crippen molar-refractivity contribution in [1.29, 1.82) is 0 Å². The molecule has 0 saturated carbocycles. The summed E-state index contributed by atoms with van der Waals surface area (Å²) in [5.41, 5.74) is 4.18. The summed E-state index contributed by atoms with van der Waals surface area (Å²) in [6, 6.07) is -0.179. The molecule has 1 aromatic rings. The fourth-order valence-electron chi connectivity index (χ4n) is 2.79. The predicted molar refractivity (Wildman–Crippen MR) is 84.5 cm³/mol. The minimum Gasteiger partial charge on any atom is -0.384 e. The van der Waals surface area contributed by atoms with Gasteiger partial charge in [0.05, 0.1) is 12.8 Å². The molecule has 1 saturated heterocycles. The van der Waals surface area contributed by atoms with Gasteiger partial charge in [0.25, 0.3) is 5.56 Å². The number of sulfone groups is 1. The van der Waals surface area contributed by atoms with E-state index in [0.29, 0.717) is 11.3 Å². The Kier molecular flexibility index (Phi) is 4.49. The fraction of sp³-hybridized carbons (Fsp3) is 0.615. The van der Waals surface area contributed by atoms with Crippen molar-refractivity contribution in [2.24, 2.45) is 14.1 Å². The zero-order valence-corrected chi connectivity index (χ0v) is 14.1. The molecule has 1 fully saturated rings. The third-order valence-electron chi connectivity index (χ3n) is 4.36. The van der Waals surface area contributed by atoms with Gasteiger partial charge in [-0.05, 0) is 0 Å². The summed E-state index contributed by atoms with van der Waals surface area (Å²) in [6.45, 7) is -0.0577. The van der Waals surface area contributed by atoms with Crippen molar-refractivity contribution in [3.05, 3.63) is 26.4 Å². The third kappa shape index (κ3) is 3.22. The number of quaternary nitrogens is 1. The first-order valence-corrected chi connectivity index (χ1v) is 8.98. The van der Waals surface area contributed by atoms with Crippen molar-refractivity contribution in [2.45, 2.75) is 12.5 Å². The predicted octanol–water partition coefficient (Wildman–Crippen LogP) is -3.45. The van der Waals surface area contributed by atoms with Gasteiger partial charge in [-0.15, -0.1) is 0 Å². The Balaban J connectivity index is 2.29. The number of nitrogens with zero attached hydrogens (tertiary/aromatic N) is 2. The van der Waals surface area contributed by atoms with Crippen LogP contribution in [0.2, 0.25) is 0 Å². The number of nitrogen functional groups attached to an aromatic ring is 1. The van der Waals surface area contributed by atoms with Crippen molar-refractivity contribution in [2.75, 3.05) is 30.8 Å². The van der Waals surface area contributed by atoms with Crippen LogP contribution in [0.5, 0.6) is 0 Å².